The number of carbonyl (C=O) groups excluding carboxylic acids is 1. The highest BCUT2D eigenvalue weighted by molar-refractivity contribution is 5.97. The Labute approximate surface area is 175 Å². The van der Waals surface area contributed by atoms with Crippen LogP contribution in [-0.2, 0) is 11.3 Å². The summed E-state index contributed by atoms with van der Waals surface area (Å²) < 4.78 is 41.2. The highest BCUT2D eigenvalue weighted by Crippen LogP contribution is 2.36. The molecule has 0 radical (unpaired) electrons. The lowest BCUT2D eigenvalue weighted by Gasteiger charge is -2.19. The van der Waals surface area contributed by atoms with Gasteiger partial charge in [-0.3, -0.25) is 9.78 Å². The lowest BCUT2D eigenvalue weighted by molar-refractivity contribution is -0.274. The average Bonchev–Trinajstić information content (AvgIpc) is 2.75. The van der Waals surface area contributed by atoms with Gasteiger partial charge in [0, 0.05) is 23.7 Å². The van der Waals surface area contributed by atoms with E-state index in [9.17, 15) is 28.2 Å². The van der Waals surface area contributed by atoms with E-state index in [4.69, 9.17) is 0 Å². The molecule has 0 bridgehead atoms. The maximum absolute atomic E-state index is 12.4. The number of alkyl halides is 3. The quantitative estimate of drug-likeness (QED) is 0.496. The van der Waals surface area contributed by atoms with Crippen LogP contribution in [0.3, 0.4) is 0 Å². The summed E-state index contributed by atoms with van der Waals surface area (Å²) in [5.41, 5.74) is 2.53. The number of nitrogens with one attached hydrogen (secondary N) is 1. The van der Waals surface area contributed by atoms with Gasteiger partial charge in [0.05, 0.1) is 12.1 Å². The van der Waals surface area contributed by atoms with Crippen LogP contribution < -0.4 is 10.1 Å². The zero-order chi connectivity index (χ0) is 22.6. The van der Waals surface area contributed by atoms with E-state index in [1.54, 1.807) is 24.4 Å². The second-order valence-corrected chi connectivity index (χ2v) is 6.59. The Balaban J connectivity index is 2.15. The van der Waals surface area contributed by atoms with E-state index in [-0.39, 0.29) is 12.3 Å². The van der Waals surface area contributed by atoms with Gasteiger partial charge in [0.1, 0.15) is 11.9 Å². The molecule has 9 heteroatoms. The van der Waals surface area contributed by atoms with Gasteiger partial charge in [-0.05, 0) is 47.0 Å². The normalized spacial score (nSPS) is 12.4. The van der Waals surface area contributed by atoms with Crippen molar-refractivity contribution in [3.05, 3.63) is 72.4 Å². The van der Waals surface area contributed by atoms with E-state index in [1.165, 1.54) is 24.3 Å². The smallest absolute Gasteiger partial charge is 0.406 e. The van der Waals surface area contributed by atoms with Crippen LogP contribution in [0.15, 0.2) is 61.3 Å². The second-order valence-electron chi connectivity index (χ2n) is 6.59. The molecule has 0 aliphatic heterocycles. The fourth-order valence-corrected chi connectivity index (χ4v) is 3.27. The maximum Gasteiger partial charge on any atom is 0.573 e. The first kappa shape index (κ1) is 22.3. The van der Waals surface area contributed by atoms with Gasteiger partial charge in [0.15, 0.2) is 0 Å². The third-order valence-electron chi connectivity index (χ3n) is 4.56. The van der Waals surface area contributed by atoms with Gasteiger partial charge in [-0.15, -0.1) is 13.2 Å². The Morgan fingerprint density at radius 2 is 1.97 bits per heavy atom. The minimum Gasteiger partial charge on any atom is -0.406 e. The molecule has 1 aromatic heterocycles. The lowest BCUT2D eigenvalue weighted by atomic mass is 9.91. The fraction of sp³-hybridized carbons (Fsp3) is 0.182. The topological polar surface area (TPSA) is 91.7 Å². The van der Waals surface area contributed by atoms with Gasteiger partial charge in [-0.2, -0.15) is 0 Å². The molecular weight excluding hydrogens is 413 g/mol. The molecule has 0 aliphatic carbocycles. The minimum absolute atomic E-state index is 0.0321. The van der Waals surface area contributed by atoms with Gasteiger partial charge in [0.25, 0.3) is 0 Å². The summed E-state index contributed by atoms with van der Waals surface area (Å²) >= 11 is 0. The second kappa shape index (κ2) is 9.15. The van der Waals surface area contributed by atoms with E-state index in [0.717, 1.165) is 6.08 Å². The summed E-state index contributed by atoms with van der Waals surface area (Å²) in [6.45, 7) is 2.88. The number of aliphatic hydroxyl groups is 2. The molecule has 31 heavy (non-hydrogen) atoms. The molecule has 3 N–H and O–H groups in total. The van der Waals surface area contributed by atoms with Crippen LogP contribution in [0.25, 0.3) is 22.0 Å². The van der Waals surface area contributed by atoms with Crippen molar-refractivity contribution in [2.75, 3.05) is 6.61 Å². The van der Waals surface area contributed by atoms with E-state index in [0.29, 0.717) is 33.2 Å². The predicted molar refractivity (Wildman–Crippen MR) is 108 cm³/mol. The first-order valence-corrected chi connectivity index (χ1v) is 9.19. The summed E-state index contributed by atoms with van der Waals surface area (Å²) in [6.07, 6.45) is -3.38. The largest absolute Gasteiger partial charge is 0.573 e. The number of hydrogen-bond donors (Lipinski definition) is 3. The van der Waals surface area contributed by atoms with Crippen LogP contribution >= 0.6 is 0 Å². The molecule has 0 aliphatic rings. The summed E-state index contributed by atoms with van der Waals surface area (Å²) in [4.78, 5) is 16.0. The number of benzene rings is 2. The number of halogens is 3. The molecule has 1 amide bonds. The number of nitrogens with zero attached hydrogens (tertiary/aromatic N) is 1. The summed E-state index contributed by atoms with van der Waals surface area (Å²) in [7, 11) is 0. The van der Waals surface area contributed by atoms with Crippen molar-refractivity contribution in [3.8, 4) is 16.9 Å². The number of amides is 1. The highest BCUT2D eigenvalue weighted by atomic mass is 19.4. The highest BCUT2D eigenvalue weighted by Gasteiger charge is 2.31. The standard InChI is InChI=1S/C22H19F3N2O4/c1-2-19(30)27-11-14-10-17(13-5-7-15(8-6-13)31-22(23,24)25)21-16(4-3-9-26-21)20(14)18(29)12-28/h2-10,18,28-29H,1,11-12H2,(H,27,30). The minimum atomic E-state index is -4.80. The molecule has 0 spiro atoms. The van der Waals surface area contributed by atoms with Gasteiger partial charge in [-0.1, -0.05) is 24.8 Å². The van der Waals surface area contributed by atoms with E-state index in [2.05, 4.69) is 21.6 Å². The van der Waals surface area contributed by atoms with Crippen molar-refractivity contribution >= 4 is 16.8 Å². The van der Waals surface area contributed by atoms with Crippen LogP contribution in [0.2, 0.25) is 0 Å². The molecule has 1 heterocycles. The van der Waals surface area contributed by atoms with Gasteiger partial charge < -0.3 is 20.3 Å². The molecule has 2 aromatic carbocycles. The van der Waals surface area contributed by atoms with Crippen LogP contribution in [0.5, 0.6) is 5.75 Å². The van der Waals surface area contributed by atoms with Gasteiger partial charge in [-0.25, -0.2) is 0 Å². The molecule has 0 saturated heterocycles. The molecule has 0 saturated carbocycles. The Bertz CT molecular complexity index is 1100. The number of carbonyl (C=O) groups is 1. The van der Waals surface area contributed by atoms with Crippen LogP contribution in [0, 0.1) is 0 Å². The fourth-order valence-electron chi connectivity index (χ4n) is 3.27. The van der Waals surface area contributed by atoms with Crippen molar-refractivity contribution in [2.45, 2.75) is 19.0 Å². The molecule has 1 atom stereocenters. The van der Waals surface area contributed by atoms with Crippen molar-refractivity contribution in [3.63, 3.8) is 0 Å². The van der Waals surface area contributed by atoms with E-state index in [1.807, 2.05) is 0 Å². The van der Waals surface area contributed by atoms with Gasteiger partial charge in [0.2, 0.25) is 5.91 Å². The molecule has 0 fully saturated rings. The molecule has 6 nitrogen and oxygen atoms in total. The zero-order valence-corrected chi connectivity index (χ0v) is 16.2. The van der Waals surface area contributed by atoms with Gasteiger partial charge >= 0.3 is 6.36 Å². The number of hydrogen-bond acceptors (Lipinski definition) is 5. The van der Waals surface area contributed by atoms with E-state index < -0.39 is 25.0 Å². The van der Waals surface area contributed by atoms with Crippen LogP contribution in [0.4, 0.5) is 13.2 Å². The van der Waals surface area contributed by atoms with Crippen molar-refractivity contribution in [1.29, 1.82) is 0 Å². The number of ether oxygens (including phenoxy) is 1. The number of aromatic nitrogens is 1. The summed E-state index contributed by atoms with van der Waals surface area (Å²) in [5, 5.41) is 23.1. The predicted octanol–water partition coefficient (Wildman–Crippen LogP) is 3.63. The monoisotopic (exact) mass is 432 g/mol. The Morgan fingerprint density at radius 3 is 2.58 bits per heavy atom. The Hall–Kier alpha value is -3.43. The third-order valence-corrected chi connectivity index (χ3v) is 4.56. The van der Waals surface area contributed by atoms with Crippen molar-refractivity contribution < 1.29 is 32.9 Å². The average molecular weight is 432 g/mol. The lowest BCUT2D eigenvalue weighted by Crippen LogP contribution is -2.22. The SMILES string of the molecule is C=CC(=O)NCc1cc(-c2ccc(OC(F)(F)F)cc2)c2ncccc2c1C(O)CO. The molecule has 162 valence electrons. The number of aliphatic hydroxyl groups excluding tert-OH is 2. The summed E-state index contributed by atoms with van der Waals surface area (Å²) in [5.74, 6) is -0.787. The van der Waals surface area contributed by atoms with Crippen LogP contribution in [-0.4, -0.2) is 34.1 Å². The first-order chi connectivity index (χ1) is 14.7. The number of pyridine rings is 1. The van der Waals surface area contributed by atoms with E-state index >= 15 is 0 Å². The molecule has 3 rings (SSSR count). The Morgan fingerprint density at radius 1 is 1.26 bits per heavy atom. The molecule has 1 unspecified atom stereocenters. The van der Waals surface area contributed by atoms with Crippen molar-refractivity contribution in [1.82, 2.24) is 10.3 Å². The van der Waals surface area contributed by atoms with Crippen LogP contribution in [0.1, 0.15) is 17.2 Å². The third kappa shape index (κ3) is 5.19. The Kier molecular flexibility index (Phi) is 6.57. The van der Waals surface area contributed by atoms with Crippen molar-refractivity contribution in [2.24, 2.45) is 0 Å². The molecule has 3 aromatic rings. The molecular formula is C22H19F3N2O4. The first-order valence-electron chi connectivity index (χ1n) is 9.19. The zero-order valence-electron chi connectivity index (χ0n) is 16.2. The number of fused-ring (bicyclic) bond motifs is 1. The summed E-state index contributed by atoms with van der Waals surface area (Å²) in [6, 6.07) is 10.3. The maximum atomic E-state index is 12.4. The number of rotatable bonds is 7.